The molecule has 0 aliphatic carbocycles. The van der Waals surface area contributed by atoms with Gasteiger partial charge in [-0.25, -0.2) is 14.6 Å². The first-order valence-corrected chi connectivity index (χ1v) is 10.3. The molecule has 158 valence electrons. The third-order valence-electron chi connectivity index (χ3n) is 4.83. The van der Waals surface area contributed by atoms with Gasteiger partial charge in [-0.15, -0.1) is 0 Å². The standard InChI is InChI=1S/C19H21BrN4.C2H2O4/c1-14-3-2-10-24-17(13-23-11-8-21-9-12-23)18(22-19(14)24)15-4-6-16(20)7-5-15;3-1(4)2(5)6/h2-7,10,21H,8-9,11-13H2,1H3;(H,3,4)(H,5,6). The summed E-state index contributed by atoms with van der Waals surface area (Å²) in [7, 11) is 0. The Kier molecular flexibility index (Phi) is 7.20. The Bertz CT molecular complexity index is 1030. The number of aromatic nitrogens is 2. The third kappa shape index (κ3) is 5.24. The molecule has 1 aliphatic heterocycles. The number of carboxylic acids is 2. The van der Waals surface area contributed by atoms with E-state index in [0.717, 1.165) is 48.5 Å². The van der Waals surface area contributed by atoms with Crippen molar-refractivity contribution in [3.05, 3.63) is 58.3 Å². The average molecular weight is 475 g/mol. The van der Waals surface area contributed by atoms with Gasteiger partial charge < -0.3 is 19.9 Å². The summed E-state index contributed by atoms with van der Waals surface area (Å²) in [4.78, 5) is 25.7. The summed E-state index contributed by atoms with van der Waals surface area (Å²) in [6.45, 7) is 7.34. The highest BCUT2D eigenvalue weighted by atomic mass is 79.9. The fourth-order valence-electron chi connectivity index (χ4n) is 3.32. The van der Waals surface area contributed by atoms with Crippen LogP contribution >= 0.6 is 15.9 Å². The topological polar surface area (TPSA) is 107 Å². The van der Waals surface area contributed by atoms with Gasteiger partial charge in [0.05, 0.1) is 11.4 Å². The maximum absolute atomic E-state index is 9.10. The number of halogens is 1. The molecule has 30 heavy (non-hydrogen) atoms. The minimum Gasteiger partial charge on any atom is -0.473 e. The van der Waals surface area contributed by atoms with Crippen LogP contribution in [0.5, 0.6) is 0 Å². The summed E-state index contributed by atoms with van der Waals surface area (Å²) in [5.41, 5.74) is 5.81. The lowest BCUT2D eigenvalue weighted by Crippen LogP contribution is -2.43. The number of fused-ring (bicyclic) bond motifs is 1. The Hall–Kier alpha value is -2.75. The predicted molar refractivity (Wildman–Crippen MR) is 116 cm³/mol. The second-order valence-corrected chi connectivity index (χ2v) is 7.85. The van der Waals surface area contributed by atoms with Gasteiger partial charge in [0, 0.05) is 49.0 Å². The number of hydrogen-bond donors (Lipinski definition) is 3. The van der Waals surface area contributed by atoms with Crippen LogP contribution in [-0.2, 0) is 16.1 Å². The number of pyridine rings is 1. The number of benzene rings is 1. The lowest BCUT2D eigenvalue weighted by atomic mass is 10.1. The summed E-state index contributed by atoms with van der Waals surface area (Å²) in [5, 5.41) is 18.2. The molecule has 9 heteroatoms. The fraction of sp³-hybridized carbons (Fsp3) is 0.286. The van der Waals surface area contributed by atoms with Crippen LogP contribution in [0, 0.1) is 6.92 Å². The predicted octanol–water partition coefficient (Wildman–Crippen LogP) is 2.63. The van der Waals surface area contributed by atoms with Crippen molar-refractivity contribution in [2.45, 2.75) is 13.5 Å². The molecule has 4 rings (SSSR count). The second kappa shape index (κ2) is 9.84. The molecule has 0 bridgehead atoms. The SMILES string of the molecule is Cc1cccn2c(CN3CCNCC3)c(-c3ccc(Br)cc3)nc12.O=C(O)C(=O)O. The Labute approximate surface area is 182 Å². The van der Waals surface area contributed by atoms with E-state index >= 15 is 0 Å². The fourth-order valence-corrected chi connectivity index (χ4v) is 3.59. The molecule has 8 nitrogen and oxygen atoms in total. The van der Waals surface area contributed by atoms with Crippen molar-refractivity contribution in [3.63, 3.8) is 0 Å². The van der Waals surface area contributed by atoms with E-state index in [-0.39, 0.29) is 0 Å². The maximum atomic E-state index is 9.10. The van der Waals surface area contributed by atoms with E-state index in [1.165, 1.54) is 16.8 Å². The van der Waals surface area contributed by atoms with Crippen molar-refractivity contribution in [1.29, 1.82) is 0 Å². The first kappa shape index (κ1) is 21.9. The number of rotatable bonds is 3. The lowest BCUT2D eigenvalue weighted by molar-refractivity contribution is -0.159. The number of nitrogens with one attached hydrogen (secondary N) is 1. The molecule has 3 N–H and O–H groups in total. The molecule has 1 saturated heterocycles. The molecule has 0 unspecified atom stereocenters. The molecule has 3 aromatic rings. The Balaban J connectivity index is 0.000000377. The van der Waals surface area contributed by atoms with Crippen molar-refractivity contribution < 1.29 is 19.8 Å². The number of aryl methyl sites for hydroxylation is 1. The minimum atomic E-state index is -1.82. The van der Waals surface area contributed by atoms with Gasteiger partial charge in [0.15, 0.2) is 0 Å². The van der Waals surface area contributed by atoms with Crippen LogP contribution in [-0.4, -0.2) is 62.6 Å². The minimum absolute atomic E-state index is 0.928. The smallest absolute Gasteiger partial charge is 0.414 e. The van der Waals surface area contributed by atoms with Gasteiger partial charge in [0.2, 0.25) is 0 Å². The van der Waals surface area contributed by atoms with Gasteiger partial charge >= 0.3 is 11.9 Å². The molecule has 0 atom stereocenters. The van der Waals surface area contributed by atoms with Crippen LogP contribution in [0.4, 0.5) is 0 Å². The first-order valence-electron chi connectivity index (χ1n) is 9.48. The van der Waals surface area contributed by atoms with E-state index in [1.54, 1.807) is 0 Å². The highest BCUT2D eigenvalue weighted by Crippen LogP contribution is 2.28. The monoisotopic (exact) mass is 474 g/mol. The first-order chi connectivity index (χ1) is 14.4. The van der Waals surface area contributed by atoms with Crippen molar-refractivity contribution in [2.24, 2.45) is 0 Å². The molecule has 3 heterocycles. The van der Waals surface area contributed by atoms with Gasteiger partial charge in [-0.1, -0.05) is 34.1 Å². The molecule has 0 saturated carbocycles. The van der Waals surface area contributed by atoms with Gasteiger partial charge in [-0.05, 0) is 30.7 Å². The van der Waals surface area contributed by atoms with Crippen molar-refractivity contribution in [3.8, 4) is 11.3 Å². The quantitative estimate of drug-likeness (QED) is 0.500. The summed E-state index contributed by atoms with van der Waals surface area (Å²) >= 11 is 3.52. The van der Waals surface area contributed by atoms with E-state index in [2.05, 4.69) is 80.1 Å². The Morgan fingerprint density at radius 3 is 2.33 bits per heavy atom. The largest absolute Gasteiger partial charge is 0.473 e. The normalized spacial score (nSPS) is 14.2. The average Bonchev–Trinajstić information content (AvgIpc) is 3.09. The molecular formula is C21H23BrN4O4. The van der Waals surface area contributed by atoms with E-state index in [1.807, 2.05) is 0 Å². The number of nitrogens with zero attached hydrogens (tertiary/aromatic N) is 3. The number of carboxylic acid groups (broad SMARTS) is 2. The molecule has 0 amide bonds. The van der Waals surface area contributed by atoms with Gasteiger partial charge in [-0.2, -0.15) is 0 Å². The van der Waals surface area contributed by atoms with Crippen molar-refractivity contribution in [2.75, 3.05) is 26.2 Å². The van der Waals surface area contributed by atoms with Crippen LogP contribution in [0.3, 0.4) is 0 Å². The van der Waals surface area contributed by atoms with E-state index in [9.17, 15) is 0 Å². The Morgan fingerprint density at radius 2 is 1.73 bits per heavy atom. The van der Waals surface area contributed by atoms with Crippen molar-refractivity contribution in [1.82, 2.24) is 19.6 Å². The molecule has 0 spiro atoms. The van der Waals surface area contributed by atoms with Gasteiger partial charge in [0.25, 0.3) is 0 Å². The summed E-state index contributed by atoms with van der Waals surface area (Å²) < 4.78 is 3.35. The number of imidazole rings is 1. The van der Waals surface area contributed by atoms with E-state index in [0.29, 0.717) is 0 Å². The zero-order valence-corrected chi connectivity index (χ0v) is 18.1. The van der Waals surface area contributed by atoms with Gasteiger partial charge in [-0.3, -0.25) is 4.90 Å². The van der Waals surface area contributed by atoms with Gasteiger partial charge in [0.1, 0.15) is 5.65 Å². The van der Waals surface area contributed by atoms with Crippen LogP contribution < -0.4 is 5.32 Å². The molecule has 1 aliphatic rings. The maximum Gasteiger partial charge on any atom is 0.414 e. The molecule has 0 radical (unpaired) electrons. The van der Waals surface area contributed by atoms with Crippen LogP contribution in [0.15, 0.2) is 47.1 Å². The van der Waals surface area contributed by atoms with Crippen LogP contribution in [0.25, 0.3) is 16.9 Å². The molecule has 1 fully saturated rings. The third-order valence-corrected chi connectivity index (χ3v) is 5.36. The molecule has 1 aromatic carbocycles. The zero-order chi connectivity index (χ0) is 21.7. The Morgan fingerprint density at radius 1 is 1.10 bits per heavy atom. The van der Waals surface area contributed by atoms with E-state index < -0.39 is 11.9 Å². The molecular weight excluding hydrogens is 452 g/mol. The second-order valence-electron chi connectivity index (χ2n) is 6.94. The molecule has 2 aromatic heterocycles. The number of carbonyl (C=O) groups is 2. The number of piperazine rings is 1. The van der Waals surface area contributed by atoms with E-state index in [4.69, 9.17) is 24.8 Å². The summed E-state index contributed by atoms with van der Waals surface area (Å²) in [6.07, 6.45) is 2.13. The highest BCUT2D eigenvalue weighted by Gasteiger charge is 2.19. The number of hydrogen-bond acceptors (Lipinski definition) is 5. The number of aliphatic carboxylic acids is 2. The lowest BCUT2D eigenvalue weighted by Gasteiger charge is -2.27. The van der Waals surface area contributed by atoms with Crippen molar-refractivity contribution >= 4 is 33.5 Å². The zero-order valence-electron chi connectivity index (χ0n) is 16.5. The van der Waals surface area contributed by atoms with Crippen LogP contribution in [0.1, 0.15) is 11.3 Å². The highest BCUT2D eigenvalue weighted by molar-refractivity contribution is 9.10. The summed E-state index contributed by atoms with van der Waals surface area (Å²) in [5.74, 6) is -3.65. The van der Waals surface area contributed by atoms with Crippen LogP contribution in [0.2, 0.25) is 0 Å². The summed E-state index contributed by atoms with van der Waals surface area (Å²) in [6, 6.07) is 12.7.